The van der Waals surface area contributed by atoms with Crippen molar-refractivity contribution in [1.82, 2.24) is 0 Å². The molecule has 0 saturated heterocycles. The number of hydrogen-bond acceptors (Lipinski definition) is 4. The van der Waals surface area contributed by atoms with E-state index in [1.54, 1.807) is 20.4 Å². The van der Waals surface area contributed by atoms with Crippen LogP contribution in [0, 0.1) is 0 Å². The Kier molecular flexibility index (Phi) is 5.21. The van der Waals surface area contributed by atoms with Crippen molar-refractivity contribution in [3.8, 4) is 17.2 Å². The van der Waals surface area contributed by atoms with Gasteiger partial charge in [-0.15, -0.1) is 0 Å². The largest absolute Gasteiger partial charge is 0.497 e. The molecule has 4 nitrogen and oxygen atoms in total. The van der Waals surface area contributed by atoms with Crippen LogP contribution in [0.4, 0.5) is 5.69 Å². The first-order valence-corrected chi connectivity index (χ1v) is 6.75. The molecule has 0 spiro atoms. The quantitative estimate of drug-likeness (QED) is 0.757. The van der Waals surface area contributed by atoms with Crippen molar-refractivity contribution in [1.29, 1.82) is 0 Å². The maximum atomic E-state index is 5.41. The van der Waals surface area contributed by atoms with Gasteiger partial charge < -0.3 is 14.2 Å². The summed E-state index contributed by atoms with van der Waals surface area (Å²) in [4.78, 5) is 4.46. The van der Waals surface area contributed by atoms with Gasteiger partial charge >= 0.3 is 0 Å². The van der Waals surface area contributed by atoms with E-state index in [0.29, 0.717) is 12.4 Å². The lowest BCUT2D eigenvalue weighted by atomic mass is 10.2. The number of aliphatic imine (C=N–C) groups is 1. The van der Waals surface area contributed by atoms with Crippen molar-refractivity contribution in [2.45, 2.75) is 6.92 Å². The Balaban J connectivity index is 2.19. The smallest absolute Gasteiger partial charge is 0.144 e. The highest BCUT2D eigenvalue weighted by Gasteiger charge is 2.03. The number of ether oxygens (including phenoxy) is 3. The zero-order valence-corrected chi connectivity index (χ0v) is 12.5. The molecule has 0 aliphatic carbocycles. The summed E-state index contributed by atoms with van der Waals surface area (Å²) in [5.74, 6) is 2.31. The lowest BCUT2D eigenvalue weighted by Gasteiger charge is -2.06. The molecule has 0 N–H and O–H groups in total. The van der Waals surface area contributed by atoms with Crippen molar-refractivity contribution in [3.63, 3.8) is 0 Å². The molecule has 4 heteroatoms. The molecule has 0 bridgehead atoms. The van der Waals surface area contributed by atoms with Gasteiger partial charge in [0.05, 0.1) is 20.8 Å². The molecular weight excluding hydrogens is 266 g/mol. The Morgan fingerprint density at radius 3 is 2.29 bits per heavy atom. The topological polar surface area (TPSA) is 40.0 Å². The Hall–Kier alpha value is -2.49. The van der Waals surface area contributed by atoms with Crippen LogP contribution < -0.4 is 14.2 Å². The monoisotopic (exact) mass is 285 g/mol. The molecule has 0 aliphatic rings. The summed E-state index contributed by atoms with van der Waals surface area (Å²) < 4.78 is 15.9. The molecule has 0 aromatic heterocycles. The zero-order chi connectivity index (χ0) is 15.1. The van der Waals surface area contributed by atoms with Crippen LogP contribution in [0.1, 0.15) is 12.5 Å². The van der Waals surface area contributed by atoms with Gasteiger partial charge in [-0.05, 0) is 48.9 Å². The van der Waals surface area contributed by atoms with Gasteiger partial charge in [-0.1, -0.05) is 0 Å². The van der Waals surface area contributed by atoms with Gasteiger partial charge in [-0.25, -0.2) is 0 Å². The van der Waals surface area contributed by atoms with E-state index in [1.165, 1.54) is 0 Å². The van der Waals surface area contributed by atoms with Crippen molar-refractivity contribution in [2.24, 2.45) is 4.99 Å². The predicted octanol–water partition coefficient (Wildman–Crippen LogP) is 3.85. The van der Waals surface area contributed by atoms with Gasteiger partial charge in [0.2, 0.25) is 0 Å². The molecule has 0 aliphatic heterocycles. The number of benzene rings is 2. The summed E-state index contributed by atoms with van der Waals surface area (Å²) in [6, 6.07) is 13.3. The lowest BCUT2D eigenvalue weighted by molar-refractivity contribution is 0.340. The first-order chi connectivity index (χ1) is 10.3. The summed E-state index contributed by atoms with van der Waals surface area (Å²) in [5, 5.41) is 0. The molecule has 2 rings (SSSR count). The van der Waals surface area contributed by atoms with Crippen molar-refractivity contribution in [2.75, 3.05) is 20.8 Å². The fourth-order valence-electron chi connectivity index (χ4n) is 1.86. The number of nitrogens with zero attached hydrogens (tertiary/aromatic N) is 1. The Morgan fingerprint density at radius 2 is 1.67 bits per heavy atom. The fraction of sp³-hybridized carbons (Fsp3) is 0.235. The average Bonchev–Trinajstić information content (AvgIpc) is 2.54. The van der Waals surface area contributed by atoms with E-state index in [2.05, 4.69) is 4.99 Å². The molecule has 0 amide bonds. The number of rotatable bonds is 6. The molecule has 110 valence electrons. The Labute approximate surface area is 125 Å². The van der Waals surface area contributed by atoms with Crippen LogP contribution in [0.15, 0.2) is 47.5 Å². The predicted molar refractivity (Wildman–Crippen MR) is 84.4 cm³/mol. The Morgan fingerprint density at radius 1 is 0.952 bits per heavy atom. The van der Waals surface area contributed by atoms with E-state index in [-0.39, 0.29) is 0 Å². The second-order valence-corrected chi connectivity index (χ2v) is 4.30. The van der Waals surface area contributed by atoms with Crippen LogP contribution >= 0.6 is 0 Å². The molecule has 0 unspecified atom stereocenters. The normalized spacial score (nSPS) is 10.6. The van der Waals surface area contributed by atoms with E-state index >= 15 is 0 Å². The standard InChI is InChI=1S/C17H19NO3/c1-4-21-14-7-5-13(6-8-14)12-18-16-11-15(19-2)9-10-17(16)20-3/h5-12H,4H2,1-3H3. The zero-order valence-electron chi connectivity index (χ0n) is 12.5. The van der Waals surface area contributed by atoms with Crippen molar-refractivity contribution >= 4 is 11.9 Å². The molecule has 2 aromatic carbocycles. The van der Waals surface area contributed by atoms with Crippen molar-refractivity contribution < 1.29 is 14.2 Å². The van der Waals surface area contributed by atoms with Crippen LogP contribution in [0.2, 0.25) is 0 Å². The maximum absolute atomic E-state index is 5.41. The summed E-state index contributed by atoms with van der Waals surface area (Å²) in [5.41, 5.74) is 1.72. The molecule has 0 heterocycles. The van der Waals surface area contributed by atoms with Gasteiger partial charge in [-0.3, -0.25) is 4.99 Å². The highest BCUT2D eigenvalue weighted by atomic mass is 16.5. The third-order valence-corrected chi connectivity index (χ3v) is 2.93. The highest BCUT2D eigenvalue weighted by molar-refractivity contribution is 5.83. The van der Waals surface area contributed by atoms with Crippen molar-refractivity contribution in [3.05, 3.63) is 48.0 Å². The maximum Gasteiger partial charge on any atom is 0.144 e. The molecule has 0 saturated carbocycles. The van der Waals surface area contributed by atoms with Crippen LogP contribution in [0.5, 0.6) is 17.2 Å². The van der Waals surface area contributed by atoms with Crippen LogP contribution in [0.3, 0.4) is 0 Å². The number of hydrogen-bond donors (Lipinski definition) is 0. The first-order valence-electron chi connectivity index (χ1n) is 6.75. The molecule has 0 fully saturated rings. The minimum Gasteiger partial charge on any atom is -0.497 e. The minimum absolute atomic E-state index is 0.661. The molecule has 0 radical (unpaired) electrons. The summed E-state index contributed by atoms with van der Waals surface area (Å²) in [6.45, 7) is 2.62. The van der Waals surface area contributed by atoms with E-state index in [4.69, 9.17) is 14.2 Å². The average molecular weight is 285 g/mol. The van der Waals surface area contributed by atoms with Gasteiger partial charge in [0.15, 0.2) is 0 Å². The van der Waals surface area contributed by atoms with Crippen LogP contribution in [-0.4, -0.2) is 27.0 Å². The van der Waals surface area contributed by atoms with Crippen LogP contribution in [0.25, 0.3) is 0 Å². The Bertz CT molecular complexity index is 606. The summed E-state index contributed by atoms with van der Waals surface area (Å²) in [7, 11) is 3.25. The highest BCUT2D eigenvalue weighted by Crippen LogP contribution is 2.31. The third-order valence-electron chi connectivity index (χ3n) is 2.93. The van der Waals surface area contributed by atoms with Gasteiger partial charge in [-0.2, -0.15) is 0 Å². The number of methoxy groups -OCH3 is 2. The summed E-state index contributed by atoms with van der Waals surface area (Å²) >= 11 is 0. The van der Waals surface area contributed by atoms with E-state index < -0.39 is 0 Å². The fourth-order valence-corrected chi connectivity index (χ4v) is 1.86. The molecule has 2 aromatic rings. The van der Waals surface area contributed by atoms with E-state index in [1.807, 2.05) is 49.4 Å². The summed E-state index contributed by atoms with van der Waals surface area (Å²) in [6.07, 6.45) is 1.78. The minimum atomic E-state index is 0.661. The molecular formula is C17H19NO3. The second-order valence-electron chi connectivity index (χ2n) is 4.30. The molecule has 21 heavy (non-hydrogen) atoms. The van der Waals surface area contributed by atoms with E-state index in [0.717, 1.165) is 22.7 Å². The van der Waals surface area contributed by atoms with Gasteiger partial charge in [0.25, 0.3) is 0 Å². The lowest BCUT2D eigenvalue weighted by Crippen LogP contribution is -1.91. The SMILES string of the molecule is CCOc1ccc(C=Nc2cc(OC)ccc2OC)cc1. The molecule has 0 atom stereocenters. The first kappa shape index (κ1) is 14.9. The van der Waals surface area contributed by atoms with Gasteiger partial charge in [0, 0.05) is 12.3 Å². The van der Waals surface area contributed by atoms with Gasteiger partial charge in [0.1, 0.15) is 22.9 Å². The van der Waals surface area contributed by atoms with E-state index in [9.17, 15) is 0 Å². The second kappa shape index (κ2) is 7.33. The third kappa shape index (κ3) is 3.99. The van der Waals surface area contributed by atoms with Crippen LogP contribution in [-0.2, 0) is 0 Å².